The lowest BCUT2D eigenvalue weighted by molar-refractivity contribution is 0.483. The second-order valence-corrected chi connectivity index (χ2v) is 4.17. The summed E-state index contributed by atoms with van der Waals surface area (Å²) in [6.45, 7) is 5.56. The van der Waals surface area contributed by atoms with Crippen LogP contribution >= 0.6 is 0 Å². The summed E-state index contributed by atoms with van der Waals surface area (Å²) in [6, 6.07) is 2.95. The second-order valence-electron chi connectivity index (χ2n) is 4.17. The zero-order chi connectivity index (χ0) is 10.1. The molecule has 2 nitrogen and oxygen atoms in total. The molecule has 0 aliphatic heterocycles. The highest BCUT2D eigenvalue weighted by Crippen LogP contribution is 2.31. The molecule has 0 bridgehead atoms. The van der Waals surface area contributed by atoms with Gasteiger partial charge < -0.3 is 9.88 Å². The molecule has 0 saturated heterocycles. The van der Waals surface area contributed by atoms with E-state index in [1.807, 2.05) is 0 Å². The first-order chi connectivity index (χ1) is 6.77. The normalized spacial score (nSPS) is 20.9. The molecule has 0 spiro atoms. The van der Waals surface area contributed by atoms with Crippen molar-refractivity contribution in [1.29, 1.82) is 0 Å². The first kappa shape index (κ1) is 9.78. The smallest absolute Gasteiger partial charge is 0.0335 e. The lowest BCUT2D eigenvalue weighted by Gasteiger charge is -2.23. The van der Waals surface area contributed by atoms with Crippen molar-refractivity contribution in [3.8, 4) is 0 Å². The summed E-state index contributed by atoms with van der Waals surface area (Å²) < 4.78 is 2.46. The van der Waals surface area contributed by atoms with Crippen LogP contribution in [0.1, 0.15) is 42.8 Å². The fourth-order valence-electron chi connectivity index (χ4n) is 2.71. The van der Waals surface area contributed by atoms with Gasteiger partial charge in [-0.3, -0.25) is 0 Å². The van der Waals surface area contributed by atoms with Gasteiger partial charge in [-0.1, -0.05) is 0 Å². The third-order valence-electron chi connectivity index (χ3n) is 3.40. The van der Waals surface area contributed by atoms with Gasteiger partial charge in [-0.25, -0.2) is 0 Å². The first-order valence-electron chi connectivity index (χ1n) is 5.64. The largest absolute Gasteiger partial charge is 0.349 e. The lowest BCUT2D eigenvalue weighted by Crippen LogP contribution is -2.21. The molecule has 1 aromatic rings. The van der Waals surface area contributed by atoms with Gasteiger partial charge in [0.15, 0.2) is 0 Å². The lowest BCUT2D eigenvalue weighted by atomic mass is 9.93. The van der Waals surface area contributed by atoms with Crippen molar-refractivity contribution in [2.45, 2.75) is 45.7 Å². The molecule has 1 unspecified atom stereocenters. The van der Waals surface area contributed by atoms with Gasteiger partial charge in [0, 0.05) is 24.0 Å². The molecular formula is C12H20N2. The van der Waals surface area contributed by atoms with Crippen LogP contribution in [0.25, 0.3) is 0 Å². The zero-order valence-corrected chi connectivity index (χ0v) is 9.43. The van der Waals surface area contributed by atoms with Gasteiger partial charge in [0.05, 0.1) is 0 Å². The minimum Gasteiger partial charge on any atom is -0.349 e. The Kier molecular flexibility index (Phi) is 2.64. The Labute approximate surface area is 86.3 Å². The zero-order valence-electron chi connectivity index (χ0n) is 9.43. The molecule has 0 fully saturated rings. The highest BCUT2D eigenvalue weighted by atomic mass is 15.0. The number of rotatable bonds is 2. The van der Waals surface area contributed by atoms with Crippen LogP contribution in [0.4, 0.5) is 0 Å². The summed E-state index contributed by atoms with van der Waals surface area (Å²) in [5.74, 6) is 0. The SMILES string of the molecule is CCn1c(C)cc2c1CCCC2NC. The van der Waals surface area contributed by atoms with Crippen LogP contribution in [0.2, 0.25) is 0 Å². The van der Waals surface area contributed by atoms with Crippen molar-refractivity contribution in [3.05, 3.63) is 23.0 Å². The number of hydrogen-bond donors (Lipinski definition) is 1. The first-order valence-corrected chi connectivity index (χ1v) is 5.64. The van der Waals surface area contributed by atoms with E-state index in [1.165, 1.54) is 30.5 Å². The van der Waals surface area contributed by atoms with Crippen molar-refractivity contribution >= 4 is 0 Å². The number of nitrogens with zero attached hydrogens (tertiary/aromatic N) is 1. The van der Waals surface area contributed by atoms with E-state index in [1.54, 1.807) is 5.69 Å². The maximum absolute atomic E-state index is 3.41. The van der Waals surface area contributed by atoms with Gasteiger partial charge in [0.1, 0.15) is 0 Å². The number of aromatic nitrogens is 1. The molecule has 0 radical (unpaired) electrons. The molecule has 1 aliphatic carbocycles. The van der Waals surface area contributed by atoms with E-state index in [-0.39, 0.29) is 0 Å². The Morgan fingerprint density at radius 3 is 3.00 bits per heavy atom. The molecule has 1 atom stereocenters. The van der Waals surface area contributed by atoms with E-state index < -0.39 is 0 Å². The minimum absolute atomic E-state index is 0.588. The second kappa shape index (κ2) is 3.77. The fraction of sp³-hybridized carbons (Fsp3) is 0.667. The Morgan fingerprint density at radius 1 is 1.57 bits per heavy atom. The predicted molar refractivity (Wildman–Crippen MR) is 59.6 cm³/mol. The van der Waals surface area contributed by atoms with E-state index in [0.717, 1.165) is 6.54 Å². The molecule has 2 heteroatoms. The molecule has 1 heterocycles. The molecule has 14 heavy (non-hydrogen) atoms. The number of hydrogen-bond acceptors (Lipinski definition) is 1. The average molecular weight is 192 g/mol. The van der Waals surface area contributed by atoms with Gasteiger partial charge in [-0.2, -0.15) is 0 Å². The van der Waals surface area contributed by atoms with Gasteiger partial charge >= 0.3 is 0 Å². The Morgan fingerprint density at radius 2 is 2.36 bits per heavy atom. The van der Waals surface area contributed by atoms with E-state index >= 15 is 0 Å². The minimum atomic E-state index is 0.588. The molecule has 1 aliphatic rings. The molecule has 0 saturated carbocycles. The summed E-state index contributed by atoms with van der Waals surface area (Å²) >= 11 is 0. The molecule has 78 valence electrons. The quantitative estimate of drug-likeness (QED) is 0.761. The summed E-state index contributed by atoms with van der Waals surface area (Å²) in [6.07, 6.45) is 3.87. The maximum Gasteiger partial charge on any atom is 0.0335 e. The Balaban J connectivity index is 2.45. The highest BCUT2D eigenvalue weighted by molar-refractivity contribution is 5.32. The van der Waals surface area contributed by atoms with Gasteiger partial charge in [0.25, 0.3) is 0 Å². The summed E-state index contributed by atoms with van der Waals surface area (Å²) in [5.41, 5.74) is 4.52. The van der Waals surface area contributed by atoms with Crippen LogP contribution in [0, 0.1) is 6.92 Å². The van der Waals surface area contributed by atoms with Crippen molar-refractivity contribution in [2.24, 2.45) is 0 Å². The van der Waals surface area contributed by atoms with Crippen LogP contribution < -0.4 is 5.32 Å². The monoisotopic (exact) mass is 192 g/mol. The maximum atomic E-state index is 3.41. The number of nitrogens with one attached hydrogen (secondary N) is 1. The highest BCUT2D eigenvalue weighted by Gasteiger charge is 2.22. The number of fused-ring (bicyclic) bond motifs is 1. The van der Waals surface area contributed by atoms with Gasteiger partial charge in [0.2, 0.25) is 0 Å². The molecule has 2 rings (SSSR count). The van der Waals surface area contributed by atoms with Crippen LogP contribution in [0.15, 0.2) is 6.07 Å². The summed E-state index contributed by atoms with van der Waals surface area (Å²) in [5, 5.41) is 3.41. The molecule has 1 aromatic heterocycles. The van der Waals surface area contributed by atoms with Crippen molar-refractivity contribution in [1.82, 2.24) is 9.88 Å². The molecule has 0 amide bonds. The van der Waals surface area contributed by atoms with Crippen LogP contribution in [0.3, 0.4) is 0 Å². The Hall–Kier alpha value is -0.760. The van der Waals surface area contributed by atoms with Crippen LogP contribution in [-0.4, -0.2) is 11.6 Å². The topological polar surface area (TPSA) is 17.0 Å². The van der Waals surface area contributed by atoms with E-state index in [0.29, 0.717) is 6.04 Å². The van der Waals surface area contributed by atoms with E-state index in [4.69, 9.17) is 0 Å². The van der Waals surface area contributed by atoms with Crippen molar-refractivity contribution < 1.29 is 0 Å². The van der Waals surface area contributed by atoms with E-state index in [2.05, 4.69) is 36.8 Å². The van der Waals surface area contributed by atoms with E-state index in [9.17, 15) is 0 Å². The third-order valence-corrected chi connectivity index (χ3v) is 3.40. The predicted octanol–water partition coefficient (Wildman–Crippen LogP) is 2.41. The fourth-order valence-corrected chi connectivity index (χ4v) is 2.71. The third kappa shape index (κ3) is 1.38. The summed E-state index contributed by atoms with van der Waals surface area (Å²) in [4.78, 5) is 0. The van der Waals surface area contributed by atoms with Gasteiger partial charge in [-0.05, 0) is 51.8 Å². The van der Waals surface area contributed by atoms with Crippen molar-refractivity contribution in [2.75, 3.05) is 7.05 Å². The molecular weight excluding hydrogens is 172 g/mol. The molecule has 1 N–H and O–H groups in total. The van der Waals surface area contributed by atoms with Crippen molar-refractivity contribution in [3.63, 3.8) is 0 Å². The Bertz CT molecular complexity index is 325. The molecule has 0 aromatic carbocycles. The van der Waals surface area contributed by atoms with Gasteiger partial charge in [-0.15, -0.1) is 0 Å². The summed E-state index contributed by atoms with van der Waals surface area (Å²) in [7, 11) is 2.07. The number of aryl methyl sites for hydroxylation is 1. The average Bonchev–Trinajstić information content (AvgIpc) is 2.52. The van der Waals surface area contributed by atoms with Crippen LogP contribution in [0.5, 0.6) is 0 Å². The standard InChI is InChI=1S/C12H20N2/c1-4-14-9(2)8-10-11(13-3)6-5-7-12(10)14/h8,11,13H,4-7H2,1-3H3. The van der Waals surface area contributed by atoms with Crippen LogP contribution in [-0.2, 0) is 13.0 Å².